The lowest BCUT2D eigenvalue weighted by Crippen LogP contribution is -2.19. The van der Waals surface area contributed by atoms with Gasteiger partial charge in [-0.1, -0.05) is 56.3 Å². The third-order valence-electron chi connectivity index (χ3n) is 9.50. The van der Waals surface area contributed by atoms with E-state index in [0.29, 0.717) is 21.8 Å². The Morgan fingerprint density at radius 1 is 0.581 bits per heavy atom. The third-order valence-corrected chi connectivity index (χ3v) is 10.4. The van der Waals surface area contributed by atoms with Crippen LogP contribution in [0.5, 0.6) is 0 Å². The number of rotatable bonds is 11. The lowest BCUT2D eigenvalue weighted by Gasteiger charge is -2.14. The highest BCUT2D eigenvalue weighted by atomic mass is 32.2. The average Bonchev–Trinajstić information content (AvgIpc) is 3.68. The van der Waals surface area contributed by atoms with Gasteiger partial charge in [-0.3, -0.25) is 9.59 Å². The molecule has 6 aromatic carbocycles. The number of aromatic amines is 1. The number of carbonyl (C=O) groups is 4. The highest BCUT2D eigenvalue weighted by molar-refractivity contribution is 7.99. The van der Waals surface area contributed by atoms with E-state index in [9.17, 15) is 50.6 Å². The van der Waals surface area contributed by atoms with Gasteiger partial charge in [0.2, 0.25) is 0 Å². The van der Waals surface area contributed by atoms with Gasteiger partial charge in [-0.05, 0) is 95.1 Å². The highest BCUT2D eigenvalue weighted by Gasteiger charge is 2.29. The van der Waals surface area contributed by atoms with Crippen LogP contribution in [0.1, 0.15) is 60.8 Å². The van der Waals surface area contributed by atoms with Crippen LogP contribution in [-0.4, -0.2) is 44.7 Å². The van der Waals surface area contributed by atoms with Gasteiger partial charge in [0.05, 0.1) is 27.8 Å². The van der Waals surface area contributed by atoms with Gasteiger partial charge in [0, 0.05) is 22.0 Å². The second-order valence-corrected chi connectivity index (χ2v) is 14.7. The largest absolute Gasteiger partial charge is 0.478 e. The first-order valence-corrected chi connectivity index (χ1v) is 19.6. The van der Waals surface area contributed by atoms with Crippen molar-refractivity contribution >= 4 is 57.8 Å². The summed E-state index contributed by atoms with van der Waals surface area (Å²) in [6.07, 6.45) is 2.72. The van der Waals surface area contributed by atoms with Crippen LogP contribution >= 0.6 is 11.8 Å². The maximum Gasteiger partial charge on any atom is 0.336 e. The van der Waals surface area contributed by atoms with Gasteiger partial charge in [-0.25, -0.2) is 35.9 Å². The second kappa shape index (κ2) is 18.9. The summed E-state index contributed by atoms with van der Waals surface area (Å²) in [6.45, 7) is 3.90. The molecule has 0 spiro atoms. The summed E-state index contributed by atoms with van der Waals surface area (Å²) >= 11 is 1.38. The molecule has 0 saturated heterocycles. The molecule has 7 rings (SSSR count). The SMILES string of the molecule is CCSc1cccc(-c2c(F)c(F)c(NC(=O)c3ccccc3C(=O)O)c(F)c2F)c1.CCc1c[nH]c2ccc(-c3cc(F)c(NC(=O)c4ccccc4C(=O)O)c(F)c3)cc12. The fourth-order valence-electron chi connectivity index (χ4n) is 6.51. The van der Waals surface area contributed by atoms with Crippen LogP contribution in [0, 0.1) is 34.9 Å². The maximum absolute atomic E-state index is 14.8. The predicted molar refractivity (Wildman–Crippen MR) is 224 cm³/mol. The van der Waals surface area contributed by atoms with Gasteiger partial charge in [-0.15, -0.1) is 11.8 Å². The number of nitrogens with one attached hydrogen (secondary N) is 3. The number of hydrogen-bond acceptors (Lipinski definition) is 5. The molecule has 62 heavy (non-hydrogen) atoms. The number of carboxylic acids is 2. The molecule has 7 aromatic rings. The number of benzene rings is 6. The zero-order valence-corrected chi connectivity index (χ0v) is 33.3. The van der Waals surface area contributed by atoms with E-state index in [1.54, 1.807) is 17.4 Å². The second-order valence-electron chi connectivity index (χ2n) is 13.3. The lowest BCUT2D eigenvalue weighted by molar-refractivity contribution is 0.0683. The van der Waals surface area contributed by atoms with Gasteiger partial charge >= 0.3 is 11.9 Å². The molecule has 0 bridgehead atoms. The van der Waals surface area contributed by atoms with Gasteiger partial charge in [-0.2, -0.15) is 0 Å². The van der Waals surface area contributed by atoms with E-state index in [4.69, 9.17) is 5.11 Å². The summed E-state index contributed by atoms with van der Waals surface area (Å²) in [5.74, 6) is -13.1. The number of carbonyl (C=O) groups excluding carboxylic acids is 2. The quantitative estimate of drug-likeness (QED) is 0.0494. The van der Waals surface area contributed by atoms with Crippen molar-refractivity contribution in [2.45, 2.75) is 25.2 Å². The average molecular weight is 870 g/mol. The number of H-pyrrole nitrogens is 1. The van der Waals surface area contributed by atoms with Gasteiger partial charge in [0.15, 0.2) is 23.3 Å². The van der Waals surface area contributed by atoms with E-state index >= 15 is 0 Å². The summed E-state index contributed by atoms with van der Waals surface area (Å²) in [6, 6.07) is 24.0. The predicted octanol–water partition coefficient (Wildman–Crippen LogP) is 11.6. The van der Waals surface area contributed by atoms with Gasteiger partial charge in [0.25, 0.3) is 11.8 Å². The Bertz CT molecular complexity index is 2850. The topological polar surface area (TPSA) is 149 Å². The van der Waals surface area contributed by atoms with E-state index in [0.717, 1.165) is 47.2 Å². The number of aryl methyl sites for hydroxylation is 1. The first-order valence-electron chi connectivity index (χ1n) is 18.6. The molecule has 9 nitrogen and oxygen atoms in total. The first kappa shape index (κ1) is 44.2. The Balaban J connectivity index is 0.000000207. The van der Waals surface area contributed by atoms with Crippen molar-refractivity contribution < 1.29 is 55.7 Å². The van der Waals surface area contributed by atoms with Crippen molar-refractivity contribution in [2.24, 2.45) is 0 Å². The first-order chi connectivity index (χ1) is 29.6. The molecule has 16 heteroatoms. The fourth-order valence-corrected chi connectivity index (χ4v) is 7.23. The van der Waals surface area contributed by atoms with Crippen LogP contribution in [0.4, 0.5) is 37.7 Å². The number of amides is 2. The molecule has 0 unspecified atom stereocenters. The van der Waals surface area contributed by atoms with Crippen LogP contribution < -0.4 is 10.6 Å². The molecule has 5 N–H and O–H groups in total. The van der Waals surface area contributed by atoms with Crippen molar-refractivity contribution in [1.82, 2.24) is 4.98 Å². The van der Waals surface area contributed by atoms with E-state index in [1.165, 1.54) is 66.4 Å². The Labute approximate surface area is 353 Å². The number of hydrogen-bond donors (Lipinski definition) is 5. The lowest BCUT2D eigenvalue weighted by atomic mass is 10.0. The Kier molecular flexibility index (Phi) is 13.5. The third kappa shape index (κ3) is 9.19. The molecule has 0 aliphatic heterocycles. The Hall–Kier alpha value is -7.33. The summed E-state index contributed by atoms with van der Waals surface area (Å²) in [5.41, 5.74) is -1.29. The smallest absolute Gasteiger partial charge is 0.336 e. The molecule has 0 radical (unpaired) electrons. The normalized spacial score (nSPS) is 10.8. The van der Waals surface area contributed by atoms with Crippen LogP contribution in [0.25, 0.3) is 33.2 Å². The van der Waals surface area contributed by atoms with E-state index in [-0.39, 0.29) is 16.7 Å². The van der Waals surface area contributed by atoms with Crippen molar-refractivity contribution in [2.75, 3.05) is 16.4 Å². The number of carboxylic acid groups (broad SMARTS) is 2. The number of halogens is 6. The van der Waals surface area contributed by atoms with Crippen LogP contribution in [0.2, 0.25) is 0 Å². The number of fused-ring (bicyclic) bond motifs is 1. The number of thioether (sulfide) groups is 1. The number of anilines is 2. The molecular formula is C46H33F6N3O6S. The van der Waals surface area contributed by atoms with E-state index < -0.39 is 86.7 Å². The minimum Gasteiger partial charge on any atom is -0.478 e. The van der Waals surface area contributed by atoms with Crippen molar-refractivity contribution in [3.05, 3.63) is 172 Å². The summed E-state index contributed by atoms with van der Waals surface area (Å²) in [7, 11) is 0. The van der Waals surface area contributed by atoms with Crippen molar-refractivity contribution in [3.63, 3.8) is 0 Å². The molecule has 0 aliphatic rings. The van der Waals surface area contributed by atoms with Gasteiger partial charge < -0.3 is 25.8 Å². The van der Waals surface area contributed by atoms with E-state index in [2.05, 4.69) is 10.3 Å². The fraction of sp³-hybridized carbons (Fsp3) is 0.0870. The summed E-state index contributed by atoms with van der Waals surface area (Å²) in [5, 5.41) is 23.2. The molecule has 0 saturated carbocycles. The van der Waals surface area contributed by atoms with Crippen LogP contribution in [0.3, 0.4) is 0 Å². The number of aromatic carboxylic acids is 2. The highest BCUT2D eigenvalue weighted by Crippen LogP contribution is 2.37. The van der Waals surface area contributed by atoms with Crippen molar-refractivity contribution in [1.29, 1.82) is 0 Å². The zero-order valence-electron chi connectivity index (χ0n) is 32.5. The minimum absolute atomic E-state index is 0.0691. The van der Waals surface area contributed by atoms with Crippen molar-refractivity contribution in [3.8, 4) is 22.3 Å². The molecule has 0 aliphatic carbocycles. The van der Waals surface area contributed by atoms with Crippen LogP contribution in [-0.2, 0) is 6.42 Å². The molecule has 316 valence electrons. The molecule has 1 aromatic heterocycles. The van der Waals surface area contributed by atoms with Crippen LogP contribution in [0.15, 0.2) is 114 Å². The summed E-state index contributed by atoms with van der Waals surface area (Å²) in [4.78, 5) is 51.2. The number of aromatic nitrogens is 1. The Morgan fingerprint density at radius 2 is 1.11 bits per heavy atom. The molecule has 0 fully saturated rings. The monoisotopic (exact) mass is 869 g/mol. The Morgan fingerprint density at radius 3 is 1.63 bits per heavy atom. The summed E-state index contributed by atoms with van der Waals surface area (Å²) < 4.78 is 88.3. The molecule has 0 atom stereocenters. The zero-order chi connectivity index (χ0) is 44.8. The minimum atomic E-state index is -1.80. The molecule has 1 heterocycles. The molecule has 2 amide bonds. The van der Waals surface area contributed by atoms with Gasteiger partial charge in [0.1, 0.15) is 23.0 Å². The maximum atomic E-state index is 14.8. The van der Waals surface area contributed by atoms with E-state index in [1.807, 2.05) is 32.2 Å². The molecular weight excluding hydrogens is 837 g/mol. The standard InChI is InChI=1S/C24H18F2N2O3.C22H15F4NO3S/c1-2-13-12-27-21-8-7-14(9-18(13)21)15-10-19(25)22(20(26)11-15)28-23(29)16-5-3-4-6-17(16)24(30)31;1-2-31-12-7-5-6-11(10-12)15-16(23)18(25)20(19(26)17(15)24)27-21(28)13-8-3-4-9-14(13)22(29)30/h3-12,27H,2H2,1H3,(H,28,29)(H,30,31);3-10H,2H2,1H3,(H,27,28)(H,29,30).